The van der Waals surface area contributed by atoms with Gasteiger partial charge in [-0.2, -0.15) is 0 Å². The van der Waals surface area contributed by atoms with Crippen molar-refractivity contribution in [1.29, 1.82) is 0 Å². The van der Waals surface area contributed by atoms with Crippen LogP contribution in [-0.2, 0) is 6.61 Å². The fraction of sp³-hybridized carbons (Fsp3) is 0.478. The van der Waals surface area contributed by atoms with Crippen molar-refractivity contribution < 1.29 is 9.47 Å². The van der Waals surface area contributed by atoms with Crippen molar-refractivity contribution >= 4 is 0 Å². The number of hydrogen-bond donors (Lipinski definition) is 0. The van der Waals surface area contributed by atoms with Crippen LogP contribution in [0.4, 0.5) is 0 Å². The average Bonchev–Trinajstić information content (AvgIpc) is 2.61. The molecule has 2 aromatic rings. The second kappa shape index (κ2) is 7.95. The lowest BCUT2D eigenvalue weighted by molar-refractivity contribution is 0.0880. The molecule has 0 amide bonds. The second-order valence-electron chi connectivity index (χ2n) is 8.21. The van der Waals surface area contributed by atoms with E-state index in [1.807, 2.05) is 42.5 Å². The summed E-state index contributed by atoms with van der Waals surface area (Å²) in [5.41, 5.74) is 1.59. The van der Waals surface area contributed by atoms with Crippen LogP contribution in [-0.4, -0.2) is 6.10 Å². The van der Waals surface area contributed by atoms with Gasteiger partial charge in [-0.25, -0.2) is 0 Å². The van der Waals surface area contributed by atoms with E-state index < -0.39 is 0 Å². The molecule has 0 radical (unpaired) electrons. The molecule has 0 unspecified atom stereocenters. The molecular formula is C23H30O2. The maximum Gasteiger partial charge on any atom is 0.123 e. The van der Waals surface area contributed by atoms with Crippen LogP contribution in [0, 0.1) is 11.3 Å². The zero-order chi connectivity index (χ0) is 17.7. The van der Waals surface area contributed by atoms with Crippen LogP contribution in [0.1, 0.15) is 52.0 Å². The van der Waals surface area contributed by atoms with Crippen molar-refractivity contribution in [2.45, 2.75) is 59.2 Å². The minimum atomic E-state index is 0.336. The molecule has 0 bridgehead atoms. The summed E-state index contributed by atoms with van der Waals surface area (Å²) in [5.74, 6) is 2.60. The van der Waals surface area contributed by atoms with Crippen molar-refractivity contribution in [2.75, 3.05) is 0 Å². The zero-order valence-electron chi connectivity index (χ0n) is 15.7. The Bertz CT molecular complexity index is 649. The van der Waals surface area contributed by atoms with Gasteiger partial charge in [0.2, 0.25) is 0 Å². The summed E-state index contributed by atoms with van der Waals surface area (Å²) >= 11 is 0. The Morgan fingerprint density at radius 2 is 1.52 bits per heavy atom. The van der Waals surface area contributed by atoms with E-state index in [9.17, 15) is 0 Å². The molecule has 1 aliphatic rings. The van der Waals surface area contributed by atoms with Crippen molar-refractivity contribution in [3.63, 3.8) is 0 Å². The van der Waals surface area contributed by atoms with Gasteiger partial charge in [-0.05, 0) is 54.7 Å². The molecule has 3 rings (SSSR count). The highest BCUT2D eigenvalue weighted by molar-refractivity contribution is 5.33. The van der Waals surface area contributed by atoms with Crippen LogP contribution < -0.4 is 9.47 Å². The van der Waals surface area contributed by atoms with Gasteiger partial charge in [0, 0.05) is 6.07 Å². The maximum atomic E-state index is 6.23. The Balaban J connectivity index is 1.52. The van der Waals surface area contributed by atoms with E-state index in [2.05, 4.69) is 32.9 Å². The Labute approximate surface area is 152 Å². The standard InChI is InChI=1S/C23H30O2/c1-23(2,3)19-12-14-20(15-13-19)25-22-11-7-10-21(16-22)24-17-18-8-5-4-6-9-18/h4-11,16,19-20H,12-15,17H2,1-3H3. The Hall–Kier alpha value is -1.96. The monoisotopic (exact) mass is 338 g/mol. The molecule has 0 aromatic heterocycles. The third-order valence-corrected chi connectivity index (χ3v) is 5.26. The number of rotatable bonds is 5. The van der Waals surface area contributed by atoms with E-state index in [-0.39, 0.29) is 0 Å². The molecule has 0 spiro atoms. The molecule has 134 valence electrons. The Kier molecular flexibility index (Phi) is 5.67. The topological polar surface area (TPSA) is 18.5 Å². The number of benzene rings is 2. The summed E-state index contributed by atoms with van der Waals surface area (Å²) in [5, 5.41) is 0. The first-order chi connectivity index (χ1) is 12.0. The van der Waals surface area contributed by atoms with Crippen LogP contribution >= 0.6 is 0 Å². The summed E-state index contributed by atoms with van der Waals surface area (Å²) in [6.07, 6.45) is 5.16. The molecule has 2 heteroatoms. The van der Waals surface area contributed by atoms with E-state index in [1.165, 1.54) is 18.4 Å². The first-order valence-electron chi connectivity index (χ1n) is 9.44. The molecule has 0 atom stereocenters. The normalized spacial score (nSPS) is 20.9. The summed E-state index contributed by atoms with van der Waals surface area (Å²) in [4.78, 5) is 0. The Morgan fingerprint density at radius 1 is 0.840 bits per heavy atom. The summed E-state index contributed by atoms with van der Waals surface area (Å²) < 4.78 is 12.1. The molecule has 0 N–H and O–H groups in total. The van der Waals surface area contributed by atoms with E-state index in [0.717, 1.165) is 30.3 Å². The van der Waals surface area contributed by atoms with Crippen LogP contribution in [0.25, 0.3) is 0 Å². The lowest BCUT2D eigenvalue weighted by Gasteiger charge is -2.36. The molecule has 1 aliphatic carbocycles. The van der Waals surface area contributed by atoms with Crippen molar-refractivity contribution in [1.82, 2.24) is 0 Å². The van der Waals surface area contributed by atoms with Gasteiger partial charge in [0.25, 0.3) is 0 Å². The van der Waals surface area contributed by atoms with E-state index in [4.69, 9.17) is 9.47 Å². The van der Waals surface area contributed by atoms with Crippen molar-refractivity contribution in [3.8, 4) is 11.5 Å². The molecule has 2 nitrogen and oxygen atoms in total. The highest BCUT2D eigenvalue weighted by Gasteiger charge is 2.30. The van der Waals surface area contributed by atoms with E-state index >= 15 is 0 Å². The molecule has 0 saturated heterocycles. The Morgan fingerprint density at radius 3 is 2.20 bits per heavy atom. The third kappa shape index (κ3) is 5.26. The molecule has 25 heavy (non-hydrogen) atoms. The van der Waals surface area contributed by atoms with Gasteiger partial charge in [-0.15, -0.1) is 0 Å². The fourth-order valence-corrected chi connectivity index (χ4v) is 3.62. The van der Waals surface area contributed by atoms with E-state index in [0.29, 0.717) is 18.1 Å². The SMILES string of the molecule is CC(C)(C)C1CCC(Oc2cccc(OCc3ccccc3)c2)CC1. The first kappa shape index (κ1) is 17.8. The number of hydrogen-bond acceptors (Lipinski definition) is 2. The minimum absolute atomic E-state index is 0.336. The minimum Gasteiger partial charge on any atom is -0.490 e. The first-order valence-corrected chi connectivity index (χ1v) is 9.44. The number of ether oxygens (including phenoxy) is 2. The van der Waals surface area contributed by atoms with Gasteiger partial charge >= 0.3 is 0 Å². The van der Waals surface area contributed by atoms with Gasteiger partial charge in [0.05, 0.1) is 6.10 Å². The quantitative estimate of drug-likeness (QED) is 0.641. The zero-order valence-corrected chi connectivity index (χ0v) is 15.7. The largest absolute Gasteiger partial charge is 0.490 e. The molecular weight excluding hydrogens is 308 g/mol. The second-order valence-corrected chi connectivity index (χ2v) is 8.21. The highest BCUT2D eigenvalue weighted by atomic mass is 16.5. The van der Waals surface area contributed by atoms with Crippen LogP contribution in [0.2, 0.25) is 0 Å². The van der Waals surface area contributed by atoms with Gasteiger partial charge in [0.15, 0.2) is 0 Å². The lowest BCUT2D eigenvalue weighted by atomic mass is 9.72. The van der Waals surface area contributed by atoms with Crippen LogP contribution in [0.15, 0.2) is 54.6 Å². The summed E-state index contributed by atoms with van der Waals surface area (Å²) in [6.45, 7) is 7.65. The maximum absolute atomic E-state index is 6.23. The molecule has 2 aromatic carbocycles. The van der Waals surface area contributed by atoms with Crippen LogP contribution in [0.3, 0.4) is 0 Å². The lowest BCUT2D eigenvalue weighted by Crippen LogP contribution is -2.30. The van der Waals surface area contributed by atoms with Gasteiger partial charge in [0.1, 0.15) is 18.1 Å². The summed E-state index contributed by atoms with van der Waals surface area (Å²) in [6, 6.07) is 18.3. The molecule has 1 fully saturated rings. The summed E-state index contributed by atoms with van der Waals surface area (Å²) in [7, 11) is 0. The molecule has 0 aliphatic heterocycles. The van der Waals surface area contributed by atoms with Crippen LogP contribution in [0.5, 0.6) is 11.5 Å². The highest BCUT2D eigenvalue weighted by Crippen LogP contribution is 2.38. The molecule has 1 saturated carbocycles. The van der Waals surface area contributed by atoms with Gasteiger partial charge in [-0.3, -0.25) is 0 Å². The predicted octanol–water partition coefficient (Wildman–Crippen LogP) is 6.25. The third-order valence-electron chi connectivity index (χ3n) is 5.26. The van der Waals surface area contributed by atoms with Gasteiger partial charge in [-0.1, -0.05) is 57.2 Å². The predicted molar refractivity (Wildman–Crippen MR) is 103 cm³/mol. The van der Waals surface area contributed by atoms with E-state index in [1.54, 1.807) is 0 Å². The van der Waals surface area contributed by atoms with Crippen molar-refractivity contribution in [3.05, 3.63) is 60.2 Å². The van der Waals surface area contributed by atoms with Crippen molar-refractivity contribution in [2.24, 2.45) is 11.3 Å². The molecule has 0 heterocycles. The average molecular weight is 338 g/mol. The fourth-order valence-electron chi connectivity index (χ4n) is 3.62. The smallest absolute Gasteiger partial charge is 0.123 e. The van der Waals surface area contributed by atoms with Gasteiger partial charge < -0.3 is 9.47 Å².